The molecule has 1 nitrogen and oxygen atoms in total. The fraction of sp³-hybridized carbons (Fsp3) is 0.909. The Labute approximate surface area is 75.8 Å². The van der Waals surface area contributed by atoms with Crippen LogP contribution < -0.4 is 0 Å². The predicted molar refractivity (Wildman–Crippen MR) is 50.6 cm³/mol. The van der Waals surface area contributed by atoms with Gasteiger partial charge in [-0.1, -0.05) is 39.0 Å². The molecule has 0 amide bonds. The first-order chi connectivity index (χ1) is 5.84. The van der Waals surface area contributed by atoms with Gasteiger partial charge in [-0.2, -0.15) is 5.26 Å². The lowest BCUT2D eigenvalue weighted by Gasteiger charge is -2.26. The summed E-state index contributed by atoms with van der Waals surface area (Å²) in [5, 5.41) is 8.46. The van der Waals surface area contributed by atoms with Crippen molar-refractivity contribution in [2.24, 2.45) is 11.8 Å². The van der Waals surface area contributed by atoms with E-state index >= 15 is 0 Å². The molecular weight excluding hydrogens is 146 g/mol. The van der Waals surface area contributed by atoms with Gasteiger partial charge >= 0.3 is 0 Å². The molecule has 1 aliphatic rings. The molecule has 0 N–H and O–H groups in total. The van der Waals surface area contributed by atoms with E-state index in [2.05, 4.69) is 13.0 Å². The Morgan fingerprint density at radius 1 is 1.33 bits per heavy atom. The first-order valence-corrected chi connectivity index (χ1v) is 5.21. The molecule has 12 heavy (non-hydrogen) atoms. The van der Waals surface area contributed by atoms with Crippen molar-refractivity contribution in [2.45, 2.75) is 51.9 Å². The summed E-state index contributed by atoms with van der Waals surface area (Å²) in [5.74, 6) is 1.71. The standard InChI is InChI=1S/C11H19N/c1-10(6-5-9-12)11-7-3-2-4-8-11/h10-11H,2-8H2,1H3. The van der Waals surface area contributed by atoms with Crippen LogP contribution in [0.1, 0.15) is 51.9 Å². The number of rotatable bonds is 3. The minimum absolute atomic E-state index is 0.748. The summed E-state index contributed by atoms with van der Waals surface area (Å²) in [4.78, 5) is 0. The monoisotopic (exact) mass is 165 g/mol. The van der Waals surface area contributed by atoms with Crippen molar-refractivity contribution < 1.29 is 0 Å². The van der Waals surface area contributed by atoms with Crippen molar-refractivity contribution in [3.8, 4) is 6.07 Å². The van der Waals surface area contributed by atoms with E-state index in [0.29, 0.717) is 0 Å². The molecule has 1 saturated carbocycles. The first kappa shape index (κ1) is 9.58. The van der Waals surface area contributed by atoms with E-state index in [1.54, 1.807) is 0 Å². The molecule has 0 bridgehead atoms. The van der Waals surface area contributed by atoms with Gasteiger partial charge in [-0.15, -0.1) is 0 Å². The fourth-order valence-corrected chi connectivity index (χ4v) is 2.23. The van der Waals surface area contributed by atoms with E-state index in [1.165, 1.54) is 32.1 Å². The third kappa shape index (κ3) is 2.85. The average molecular weight is 165 g/mol. The summed E-state index contributed by atoms with van der Waals surface area (Å²) < 4.78 is 0. The van der Waals surface area contributed by atoms with Gasteiger partial charge in [0.25, 0.3) is 0 Å². The van der Waals surface area contributed by atoms with Gasteiger partial charge in [-0.05, 0) is 18.3 Å². The Hall–Kier alpha value is -0.510. The Kier molecular flexibility index (Phi) is 4.14. The highest BCUT2D eigenvalue weighted by atomic mass is 14.3. The molecule has 0 radical (unpaired) electrons. The SMILES string of the molecule is CC(CCC#N)C1CCCCC1. The molecule has 1 heteroatoms. The second-order valence-corrected chi connectivity index (χ2v) is 4.07. The molecule has 0 aromatic rings. The van der Waals surface area contributed by atoms with Crippen LogP contribution in [-0.4, -0.2) is 0 Å². The van der Waals surface area contributed by atoms with E-state index in [4.69, 9.17) is 5.26 Å². The summed E-state index contributed by atoms with van der Waals surface area (Å²) in [6, 6.07) is 2.24. The van der Waals surface area contributed by atoms with E-state index in [-0.39, 0.29) is 0 Å². The van der Waals surface area contributed by atoms with Crippen molar-refractivity contribution in [1.29, 1.82) is 5.26 Å². The van der Waals surface area contributed by atoms with Crippen LogP contribution in [0.5, 0.6) is 0 Å². The molecule has 0 saturated heterocycles. The summed E-state index contributed by atoms with van der Waals surface area (Å²) in [5.41, 5.74) is 0. The summed E-state index contributed by atoms with van der Waals surface area (Å²) in [7, 11) is 0. The van der Waals surface area contributed by atoms with Gasteiger partial charge in [0.05, 0.1) is 6.07 Å². The normalized spacial score (nSPS) is 21.7. The smallest absolute Gasteiger partial charge is 0.0621 e. The molecule has 1 rings (SSSR count). The minimum atomic E-state index is 0.748. The molecule has 1 unspecified atom stereocenters. The lowest BCUT2D eigenvalue weighted by Crippen LogP contribution is -2.14. The van der Waals surface area contributed by atoms with Gasteiger partial charge in [0.2, 0.25) is 0 Å². The van der Waals surface area contributed by atoms with Crippen molar-refractivity contribution in [3.05, 3.63) is 0 Å². The maximum atomic E-state index is 8.46. The highest BCUT2D eigenvalue weighted by Gasteiger charge is 2.19. The summed E-state index contributed by atoms with van der Waals surface area (Å²) in [6.07, 6.45) is 8.95. The average Bonchev–Trinajstić information content (AvgIpc) is 2.15. The topological polar surface area (TPSA) is 23.8 Å². The van der Waals surface area contributed by atoms with Crippen molar-refractivity contribution in [3.63, 3.8) is 0 Å². The third-order valence-corrected chi connectivity index (χ3v) is 3.17. The summed E-state index contributed by atoms with van der Waals surface area (Å²) in [6.45, 7) is 2.31. The number of nitrogens with zero attached hydrogens (tertiary/aromatic N) is 1. The molecular formula is C11H19N. The van der Waals surface area contributed by atoms with Crippen molar-refractivity contribution >= 4 is 0 Å². The lowest BCUT2D eigenvalue weighted by atomic mass is 9.79. The number of hydrogen-bond donors (Lipinski definition) is 0. The zero-order chi connectivity index (χ0) is 8.81. The Bertz CT molecular complexity index is 151. The van der Waals surface area contributed by atoms with Crippen LogP contribution in [0.2, 0.25) is 0 Å². The van der Waals surface area contributed by atoms with Crippen LogP contribution in [0.4, 0.5) is 0 Å². The van der Waals surface area contributed by atoms with Crippen LogP contribution in [0.25, 0.3) is 0 Å². The first-order valence-electron chi connectivity index (χ1n) is 5.21. The Morgan fingerprint density at radius 2 is 2.00 bits per heavy atom. The zero-order valence-electron chi connectivity index (χ0n) is 8.05. The predicted octanol–water partition coefficient (Wildman–Crippen LogP) is 3.51. The molecule has 0 heterocycles. The maximum absolute atomic E-state index is 8.46. The molecule has 1 aliphatic carbocycles. The second kappa shape index (κ2) is 5.19. The molecule has 1 atom stereocenters. The molecule has 1 fully saturated rings. The highest BCUT2D eigenvalue weighted by molar-refractivity contribution is 4.76. The zero-order valence-corrected chi connectivity index (χ0v) is 8.05. The van der Waals surface area contributed by atoms with E-state index in [9.17, 15) is 0 Å². The van der Waals surface area contributed by atoms with Crippen LogP contribution in [0, 0.1) is 23.2 Å². The Morgan fingerprint density at radius 3 is 2.58 bits per heavy atom. The minimum Gasteiger partial charge on any atom is -0.198 e. The van der Waals surface area contributed by atoms with Crippen LogP contribution >= 0.6 is 0 Å². The van der Waals surface area contributed by atoms with Crippen LogP contribution in [-0.2, 0) is 0 Å². The van der Waals surface area contributed by atoms with Gasteiger partial charge in [0.1, 0.15) is 0 Å². The number of hydrogen-bond acceptors (Lipinski definition) is 1. The Balaban J connectivity index is 2.21. The highest BCUT2D eigenvalue weighted by Crippen LogP contribution is 2.31. The third-order valence-electron chi connectivity index (χ3n) is 3.17. The van der Waals surface area contributed by atoms with E-state index in [1.807, 2.05) is 0 Å². The van der Waals surface area contributed by atoms with E-state index < -0.39 is 0 Å². The molecule has 68 valence electrons. The van der Waals surface area contributed by atoms with Gasteiger partial charge in [-0.25, -0.2) is 0 Å². The van der Waals surface area contributed by atoms with Gasteiger partial charge in [0, 0.05) is 6.42 Å². The number of nitriles is 1. The van der Waals surface area contributed by atoms with Crippen LogP contribution in [0.3, 0.4) is 0 Å². The van der Waals surface area contributed by atoms with Crippen molar-refractivity contribution in [1.82, 2.24) is 0 Å². The van der Waals surface area contributed by atoms with Crippen molar-refractivity contribution in [2.75, 3.05) is 0 Å². The molecule has 0 aromatic heterocycles. The lowest BCUT2D eigenvalue weighted by molar-refractivity contribution is 0.254. The molecule has 0 aromatic carbocycles. The van der Waals surface area contributed by atoms with E-state index in [0.717, 1.165) is 24.7 Å². The van der Waals surface area contributed by atoms with Gasteiger partial charge in [0.15, 0.2) is 0 Å². The second-order valence-electron chi connectivity index (χ2n) is 4.07. The van der Waals surface area contributed by atoms with Gasteiger partial charge in [-0.3, -0.25) is 0 Å². The largest absolute Gasteiger partial charge is 0.198 e. The molecule has 0 aliphatic heterocycles. The van der Waals surface area contributed by atoms with Crippen LogP contribution in [0.15, 0.2) is 0 Å². The van der Waals surface area contributed by atoms with Gasteiger partial charge < -0.3 is 0 Å². The molecule has 0 spiro atoms. The summed E-state index contributed by atoms with van der Waals surface area (Å²) >= 11 is 0. The quantitative estimate of drug-likeness (QED) is 0.627. The fourth-order valence-electron chi connectivity index (χ4n) is 2.23. The maximum Gasteiger partial charge on any atom is 0.0621 e.